The van der Waals surface area contributed by atoms with Crippen LogP contribution in [0.1, 0.15) is 59.9 Å². The van der Waals surface area contributed by atoms with E-state index >= 15 is 0 Å². The zero-order valence-electron chi connectivity index (χ0n) is 17.7. The van der Waals surface area contributed by atoms with Gasteiger partial charge in [-0.3, -0.25) is 4.79 Å². The van der Waals surface area contributed by atoms with Crippen molar-refractivity contribution in [3.8, 4) is 11.5 Å². The quantitative estimate of drug-likeness (QED) is 0.501. The molecule has 1 aliphatic rings. The maximum atomic E-state index is 13.0. The second kappa shape index (κ2) is 6.66. The van der Waals surface area contributed by atoms with Crippen LogP contribution in [0, 0.1) is 5.41 Å². The highest BCUT2D eigenvalue weighted by molar-refractivity contribution is 9.10. The average molecular weight is 441 g/mol. The maximum Gasteiger partial charge on any atom is 0.250 e. The van der Waals surface area contributed by atoms with Crippen molar-refractivity contribution in [3.63, 3.8) is 0 Å². The minimum atomic E-state index is -2.05. The van der Waals surface area contributed by atoms with Crippen LogP contribution in [0.4, 0.5) is 0 Å². The highest BCUT2D eigenvalue weighted by atomic mass is 79.9. The smallest absolute Gasteiger partial charge is 0.250 e. The Hall–Kier alpha value is -0.813. The second-order valence-corrected chi connectivity index (χ2v) is 15.4. The van der Waals surface area contributed by atoms with E-state index in [1.807, 2.05) is 12.1 Å². The summed E-state index contributed by atoms with van der Waals surface area (Å²) in [5.41, 5.74) is 0.238. The topological polar surface area (TPSA) is 35.5 Å². The molecule has 1 aromatic carbocycles. The first-order chi connectivity index (χ1) is 11.7. The lowest BCUT2D eigenvalue weighted by Crippen LogP contribution is -2.46. The zero-order chi connectivity index (χ0) is 20.1. The molecule has 0 heterocycles. The van der Waals surface area contributed by atoms with E-state index in [1.165, 1.54) is 0 Å². The first-order valence-electron chi connectivity index (χ1n) is 9.28. The van der Waals surface area contributed by atoms with Crippen LogP contribution in [0.5, 0.6) is 11.5 Å². The van der Waals surface area contributed by atoms with E-state index < -0.39 is 13.7 Å². The SMILES string of the molecule is COc1cc(C2(C)C(=O)CCC2(C)C)c(O[Si](C)(C)C(C)(C)C)cc1Br. The van der Waals surface area contributed by atoms with Crippen LogP contribution < -0.4 is 9.16 Å². The van der Waals surface area contributed by atoms with Gasteiger partial charge in [-0.1, -0.05) is 34.6 Å². The van der Waals surface area contributed by atoms with Crippen LogP contribution in [0.3, 0.4) is 0 Å². The van der Waals surface area contributed by atoms with Crippen molar-refractivity contribution in [2.45, 2.75) is 77.9 Å². The van der Waals surface area contributed by atoms with Crippen LogP contribution >= 0.6 is 15.9 Å². The summed E-state index contributed by atoms with van der Waals surface area (Å²) in [4.78, 5) is 13.0. The second-order valence-electron chi connectivity index (χ2n) is 9.78. The molecule has 1 fully saturated rings. The molecule has 0 spiro atoms. The lowest BCUT2D eigenvalue weighted by Gasteiger charge is -2.42. The Kier molecular flexibility index (Phi) is 5.50. The Morgan fingerprint density at radius 2 is 1.69 bits per heavy atom. The van der Waals surface area contributed by atoms with Gasteiger partial charge in [-0.25, -0.2) is 0 Å². The molecule has 0 aromatic heterocycles. The monoisotopic (exact) mass is 440 g/mol. The summed E-state index contributed by atoms with van der Waals surface area (Å²) in [6.45, 7) is 17.6. The van der Waals surface area contributed by atoms with Gasteiger partial charge < -0.3 is 9.16 Å². The zero-order valence-corrected chi connectivity index (χ0v) is 20.3. The molecule has 0 saturated heterocycles. The van der Waals surface area contributed by atoms with E-state index in [4.69, 9.17) is 9.16 Å². The number of benzene rings is 1. The molecule has 0 bridgehead atoms. The predicted octanol–water partition coefficient (Wildman–Crippen LogP) is 6.49. The largest absolute Gasteiger partial charge is 0.543 e. The molecule has 26 heavy (non-hydrogen) atoms. The normalized spacial score (nSPS) is 23.2. The molecule has 0 aliphatic heterocycles. The first kappa shape index (κ1) is 21.5. The van der Waals surface area contributed by atoms with Gasteiger partial charge in [-0.2, -0.15) is 0 Å². The van der Waals surface area contributed by atoms with E-state index in [-0.39, 0.29) is 16.2 Å². The number of Topliss-reactive ketones (excluding diaryl/α,β-unsaturated/α-hetero) is 1. The summed E-state index contributed by atoms with van der Waals surface area (Å²) in [6.07, 6.45) is 1.50. The lowest BCUT2D eigenvalue weighted by molar-refractivity contribution is -0.123. The molecular weight excluding hydrogens is 408 g/mol. The van der Waals surface area contributed by atoms with Crippen LogP contribution in [-0.4, -0.2) is 21.2 Å². The molecule has 0 radical (unpaired) electrons. The van der Waals surface area contributed by atoms with Crippen LogP contribution in [0.2, 0.25) is 18.1 Å². The van der Waals surface area contributed by atoms with Crippen molar-refractivity contribution in [1.82, 2.24) is 0 Å². The number of ether oxygens (including phenoxy) is 1. The molecule has 5 heteroatoms. The highest BCUT2D eigenvalue weighted by Crippen LogP contribution is 2.55. The predicted molar refractivity (Wildman–Crippen MR) is 114 cm³/mol. The van der Waals surface area contributed by atoms with Crippen molar-refractivity contribution in [3.05, 3.63) is 22.2 Å². The van der Waals surface area contributed by atoms with Crippen molar-refractivity contribution < 1.29 is 14.0 Å². The summed E-state index contributed by atoms with van der Waals surface area (Å²) in [5, 5.41) is 0.0762. The van der Waals surface area contributed by atoms with E-state index in [0.717, 1.165) is 28.0 Å². The molecule has 0 N–H and O–H groups in total. The Morgan fingerprint density at radius 1 is 1.12 bits per heavy atom. The fraction of sp³-hybridized carbons (Fsp3) is 0.667. The van der Waals surface area contributed by atoms with Crippen molar-refractivity contribution >= 4 is 30.0 Å². The van der Waals surface area contributed by atoms with E-state index in [9.17, 15) is 4.79 Å². The van der Waals surface area contributed by atoms with Crippen molar-refractivity contribution in [2.24, 2.45) is 5.41 Å². The van der Waals surface area contributed by atoms with Gasteiger partial charge in [0.1, 0.15) is 17.3 Å². The lowest BCUT2D eigenvalue weighted by atomic mass is 9.64. The number of halogens is 1. The van der Waals surface area contributed by atoms with E-state index in [1.54, 1.807) is 7.11 Å². The van der Waals surface area contributed by atoms with Gasteiger partial charge in [0.2, 0.25) is 8.32 Å². The highest BCUT2D eigenvalue weighted by Gasteiger charge is 2.54. The Morgan fingerprint density at radius 3 is 2.12 bits per heavy atom. The third kappa shape index (κ3) is 3.37. The fourth-order valence-electron chi connectivity index (χ4n) is 3.41. The minimum absolute atomic E-state index is 0.0762. The molecule has 0 amide bonds. The summed E-state index contributed by atoms with van der Waals surface area (Å²) in [5.74, 6) is 1.83. The average Bonchev–Trinajstić information content (AvgIpc) is 2.70. The number of hydrogen-bond acceptors (Lipinski definition) is 3. The van der Waals surface area contributed by atoms with Gasteiger partial charge in [0.05, 0.1) is 17.0 Å². The third-order valence-electron chi connectivity index (χ3n) is 6.85. The molecule has 1 unspecified atom stereocenters. The van der Waals surface area contributed by atoms with Crippen molar-refractivity contribution in [2.75, 3.05) is 7.11 Å². The van der Waals surface area contributed by atoms with Gasteiger partial charge in [0.15, 0.2) is 0 Å². The number of methoxy groups -OCH3 is 1. The molecule has 146 valence electrons. The number of carbonyl (C=O) groups is 1. The molecule has 3 nitrogen and oxygen atoms in total. The molecule has 1 aromatic rings. The molecule has 1 aliphatic carbocycles. The van der Waals surface area contributed by atoms with E-state index in [2.05, 4.69) is 70.6 Å². The van der Waals surface area contributed by atoms with Gasteiger partial charge >= 0.3 is 0 Å². The van der Waals surface area contributed by atoms with E-state index in [0.29, 0.717) is 6.42 Å². The standard InChI is InChI=1S/C21H33BrO3Si/c1-19(2,3)26(8,9)25-16-13-15(22)17(24-7)12-14(16)21(6)18(23)10-11-20(21,4)5/h12-13H,10-11H2,1-9H3. The Bertz CT molecular complexity index is 719. The molecule has 2 rings (SSSR count). The molecule has 1 saturated carbocycles. The summed E-state index contributed by atoms with van der Waals surface area (Å²) in [6, 6.07) is 3.99. The summed E-state index contributed by atoms with van der Waals surface area (Å²) in [7, 11) is -0.398. The fourth-order valence-corrected chi connectivity index (χ4v) is 4.92. The molecule has 1 atom stereocenters. The molecular formula is C21H33BrO3Si. The van der Waals surface area contributed by atoms with Crippen LogP contribution in [0.15, 0.2) is 16.6 Å². The summed E-state index contributed by atoms with van der Waals surface area (Å²) < 4.78 is 13.1. The van der Waals surface area contributed by atoms with Gasteiger partial charge in [-0.05, 0) is 65.0 Å². The Labute approximate surface area is 168 Å². The first-order valence-corrected chi connectivity index (χ1v) is 13.0. The van der Waals surface area contributed by atoms with Crippen molar-refractivity contribution in [1.29, 1.82) is 0 Å². The minimum Gasteiger partial charge on any atom is -0.543 e. The number of ketones is 1. The number of hydrogen-bond donors (Lipinski definition) is 0. The third-order valence-corrected chi connectivity index (χ3v) is 11.8. The number of carbonyl (C=O) groups excluding carboxylic acids is 1. The summed E-state index contributed by atoms with van der Waals surface area (Å²) >= 11 is 3.59. The van der Waals surface area contributed by atoms with Gasteiger partial charge in [-0.15, -0.1) is 0 Å². The van der Waals surface area contributed by atoms with Crippen LogP contribution in [0.25, 0.3) is 0 Å². The Balaban J connectivity index is 2.71. The van der Waals surface area contributed by atoms with Gasteiger partial charge in [0, 0.05) is 12.0 Å². The number of rotatable bonds is 4. The maximum absolute atomic E-state index is 13.0. The van der Waals surface area contributed by atoms with Crippen LogP contribution in [-0.2, 0) is 10.2 Å². The van der Waals surface area contributed by atoms with Gasteiger partial charge in [0.25, 0.3) is 0 Å².